The normalized spacial score (nSPS) is 21.1. The first-order valence-corrected chi connectivity index (χ1v) is 5.26. The summed E-state index contributed by atoms with van der Waals surface area (Å²) in [5.74, 6) is -1.07. The van der Waals surface area contributed by atoms with Gasteiger partial charge >= 0.3 is 5.97 Å². The molecule has 0 aromatic carbocycles. The number of hydrogen-bond donors (Lipinski definition) is 1. The van der Waals surface area contributed by atoms with Crippen molar-refractivity contribution in [1.82, 2.24) is 4.98 Å². The quantitative estimate of drug-likeness (QED) is 0.828. The highest BCUT2D eigenvalue weighted by Crippen LogP contribution is 2.18. The van der Waals surface area contributed by atoms with Gasteiger partial charge in [-0.25, -0.2) is 4.79 Å². The summed E-state index contributed by atoms with van der Waals surface area (Å²) in [6.07, 6.45) is 2.24. The van der Waals surface area contributed by atoms with Crippen LogP contribution in [0.2, 0.25) is 0 Å². The van der Waals surface area contributed by atoms with Gasteiger partial charge in [0.1, 0.15) is 6.26 Å². The zero-order valence-corrected chi connectivity index (χ0v) is 9.05. The van der Waals surface area contributed by atoms with Gasteiger partial charge in [0.15, 0.2) is 5.69 Å². The number of nitrogens with zero attached hydrogens (tertiary/aromatic N) is 2. The van der Waals surface area contributed by atoms with Crippen LogP contribution in [0.4, 0.5) is 6.01 Å². The fourth-order valence-corrected chi connectivity index (χ4v) is 1.65. The number of oxazole rings is 1. The van der Waals surface area contributed by atoms with Crippen LogP contribution in [0.3, 0.4) is 0 Å². The van der Waals surface area contributed by atoms with Crippen LogP contribution in [0.5, 0.6) is 0 Å². The molecule has 6 heteroatoms. The summed E-state index contributed by atoms with van der Waals surface area (Å²) in [4.78, 5) is 16.5. The minimum absolute atomic E-state index is 0.0606. The van der Waals surface area contributed by atoms with E-state index in [9.17, 15) is 4.79 Å². The first-order valence-electron chi connectivity index (χ1n) is 5.26. The SMILES string of the molecule is CCC1CN(c2nc(C(=O)O)co2)CCO1. The molecule has 1 fully saturated rings. The fourth-order valence-electron chi connectivity index (χ4n) is 1.65. The molecule has 1 N–H and O–H groups in total. The lowest BCUT2D eigenvalue weighted by Gasteiger charge is -2.31. The van der Waals surface area contributed by atoms with E-state index in [1.165, 1.54) is 0 Å². The molecule has 1 atom stereocenters. The van der Waals surface area contributed by atoms with E-state index < -0.39 is 5.97 Å². The number of rotatable bonds is 3. The number of carboxylic acids is 1. The zero-order chi connectivity index (χ0) is 11.5. The third kappa shape index (κ3) is 2.16. The summed E-state index contributed by atoms with van der Waals surface area (Å²) >= 11 is 0. The van der Waals surface area contributed by atoms with Crippen molar-refractivity contribution in [2.75, 3.05) is 24.6 Å². The molecule has 1 saturated heterocycles. The molecule has 1 aromatic heterocycles. The van der Waals surface area contributed by atoms with Gasteiger partial charge in [-0.2, -0.15) is 4.98 Å². The Bertz CT molecular complexity index is 377. The van der Waals surface area contributed by atoms with E-state index in [0.29, 0.717) is 25.7 Å². The summed E-state index contributed by atoms with van der Waals surface area (Å²) in [5, 5.41) is 8.73. The predicted octanol–water partition coefficient (Wildman–Crippen LogP) is 0.988. The van der Waals surface area contributed by atoms with Crippen LogP contribution < -0.4 is 4.90 Å². The molecule has 0 amide bonds. The molecule has 0 radical (unpaired) electrons. The fraction of sp³-hybridized carbons (Fsp3) is 0.600. The second kappa shape index (κ2) is 4.52. The lowest BCUT2D eigenvalue weighted by molar-refractivity contribution is 0.0367. The van der Waals surface area contributed by atoms with Crippen molar-refractivity contribution in [1.29, 1.82) is 0 Å². The molecule has 88 valence electrons. The number of carboxylic acid groups (broad SMARTS) is 1. The van der Waals surface area contributed by atoms with Gasteiger partial charge < -0.3 is 19.2 Å². The molecule has 6 nitrogen and oxygen atoms in total. The van der Waals surface area contributed by atoms with Crippen LogP contribution in [-0.4, -0.2) is 41.9 Å². The van der Waals surface area contributed by atoms with Crippen molar-refractivity contribution in [2.24, 2.45) is 0 Å². The van der Waals surface area contributed by atoms with E-state index in [1.54, 1.807) is 0 Å². The lowest BCUT2D eigenvalue weighted by Crippen LogP contribution is -2.42. The summed E-state index contributed by atoms with van der Waals surface area (Å²) in [6.45, 7) is 4.03. The summed E-state index contributed by atoms with van der Waals surface area (Å²) < 4.78 is 10.6. The van der Waals surface area contributed by atoms with Gasteiger partial charge in [0.25, 0.3) is 6.01 Å². The summed E-state index contributed by atoms with van der Waals surface area (Å²) in [7, 11) is 0. The Hall–Kier alpha value is -1.56. The Morgan fingerprint density at radius 1 is 1.75 bits per heavy atom. The molecule has 1 aliphatic rings. The largest absolute Gasteiger partial charge is 0.476 e. The number of carbonyl (C=O) groups is 1. The molecule has 16 heavy (non-hydrogen) atoms. The van der Waals surface area contributed by atoms with Crippen molar-refractivity contribution in [3.63, 3.8) is 0 Å². The first kappa shape index (κ1) is 10.9. The van der Waals surface area contributed by atoms with Crippen molar-refractivity contribution in [3.05, 3.63) is 12.0 Å². The average molecular weight is 226 g/mol. The Kier molecular flexibility index (Phi) is 3.09. The number of anilines is 1. The highest BCUT2D eigenvalue weighted by Gasteiger charge is 2.23. The summed E-state index contributed by atoms with van der Waals surface area (Å²) in [5.41, 5.74) is -0.0606. The predicted molar refractivity (Wildman–Crippen MR) is 55.7 cm³/mol. The second-order valence-corrected chi connectivity index (χ2v) is 3.67. The number of aromatic carboxylic acids is 1. The molecule has 2 rings (SSSR count). The zero-order valence-electron chi connectivity index (χ0n) is 9.05. The third-order valence-corrected chi connectivity index (χ3v) is 2.58. The smallest absolute Gasteiger partial charge is 0.357 e. The van der Waals surface area contributed by atoms with Gasteiger partial charge in [-0.05, 0) is 6.42 Å². The topological polar surface area (TPSA) is 75.8 Å². The minimum Gasteiger partial charge on any atom is -0.476 e. The van der Waals surface area contributed by atoms with Gasteiger partial charge in [-0.15, -0.1) is 0 Å². The van der Waals surface area contributed by atoms with Crippen LogP contribution >= 0.6 is 0 Å². The van der Waals surface area contributed by atoms with Crippen molar-refractivity contribution >= 4 is 12.0 Å². The molecular formula is C10H14N2O4. The summed E-state index contributed by atoms with van der Waals surface area (Å²) in [6, 6.07) is 0.360. The lowest BCUT2D eigenvalue weighted by atomic mass is 10.2. The standard InChI is InChI=1S/C10H14N2O4/c1-2-7-5-12(3-4-15-7)10-11-8(6-16-10)9(13)14/h6-7H,2-5H2,1H3,(H,13,14). The molecule has 0 spiro atoms. The maximum absolute atomic E-state index is 10.7. The van der Waals surface area contributed by atoms with E-state index in [2.05, 4.69) is 4.98 Å². The molecule has 1 aliphatic heterocycles. The maximum atomic E-state index is 10.7. The van der Waals surface area contributed by atoms with Gasteiger partial charge in [-0.1, -0.05) is 6.92 Å². The van der Waals surface area contributed by atoms with Crippen LogP contribution in [0.1, 0.15) is 23.8 Å². The monoisotopic (exact) mass is 226 g/mol. The Morgan fingerprint density at radius 3 is 3.19 bits per heavy atom. The van der Waals surface area contributed by atoms with Gasteiger partial charge in [0, 0.05) is 13.1 Å². The number of ether oxygens (including phenoxy) is 1. The molecule has 1 aromatic rings. The van der Waals surface area contributed by atoms with E-state index >= 15 is 0 Å². The average Bonchev–Trinajstić information content (AvgIpc) is 2.78. The third-order valence-electron chi connectivity index (χ3n) is 2.58. The van der Waals surface area contributed by atoms with E-state index in [1.807, 2.05) is 11.8 Å². The van der Waals surface area contributed by atoms with Gasteiger partial charge in [0.05, 0.1) is 12.7 Å². The Labute approximate surface area is 92.8 Å². The molecule has 1 unspecified atom stereocenters. The maximum Gasteiger partial charge on any atom is 0.357 e. The molecular weight excluding hydrogens is 212 g/mol. The number of morpholine rings is 1. The van der Waals surface area contributed by atoms with E-state index in [-0.39, 0.29) is 11.8 Å². The van der Waals surface area contributed by atoms with Crippen LogP contribution in [-0.2, 0) is 4.74 Å². The number of aromatic nitrogens is 1. The molecule has 0 saturated carbocycles. The van der Waals surface area contributed by atoms with Crippen molar-refractivity contribution in [3.8, 4) is 0 Å². The second-order valence-electron chi connectivity index (χ2n) is 3.67. The first-order chi connectivity index (χ1) is 7.70. The molecule has 0 bridgehead atoms. The van der Waals surface area contributed by atoms with E-state index in [0.717, 1.165) is 12.7 Å². The van der Waals surface area contributed by atoms with Crippen LogP contribution in [0.25, 0.3) is 0 Å². The van der Waals surface area contributed by atoms with Crippen LogP contribution in [0.15, 0.2) is 10.7 Å². The Balaban J connectivity index is 2.08. The van der Waals surface area contributed by atoms with Crippen molar-refractivity contribution < 1.29 is 19.1 Å². The van der Waals surface area contributed by atoms with E-state index in [4.69, 9.17) is 14.3 Å². The Morgan fingerprint density at radius 2 is 2.56 bits per heavy atom. The number of hydrogen-bond acceptors (Lipinski definition) is 5. The molecule has 2 heterocycles. The van der Waals surface area contributed by atoms with Crippen molar-refractivity contribution in [2.45, 2.75) is 19.4 Å². The van der Waals surface area contributed by atoms with Gasteiger partial charge in [-0.3, -0.25) is 0 Å². The van der Waals surface area contributed by atoms with Gasteiger partial charge in [0.2, 0.25) is 0 Å². The minimum atomic E-state index is -1.07. The highest BCUT2D eigenvalue weighted by atomic mass is 16.5. The highest BCUT2D eigenvalue weighted by molar-refractivity contribution is 5.85. The van der Waals surface area contributed by atoms with Crippen LogP contribution in [0, 0.1) is 0 Å². The molecule has 0 aliphatic carbocycles.